The van der Waals surface area contributed by atoms with E-state index in [1.54, 1.807) is 16.8 Å². The van der Waals surface area contributed by atoms with Crippen LogP contribution in [-0.2, 0) is 0 Å². The van der Waals surface area contributed by atoms with E-state index >= 15 is 0 Å². The minimum Gasteiger partial charge on any atom is -0.309 e. The first-order valence-electron chi connectivity index (χ1n) is 6.15. The first-order valence-corrected chi connectivity index (χ1v) is 6.95. The van der Waals surface area contributed by atoms with Crippen molar-refractivity contribution in [3.05, 3.63) is 39.9 Å². The van der Waals surface area contributed by atoms with Crippen LogP contribution in [0.1, 0.15) is 31.3 Å². The Morgan fingerprint density at radius 2 is 2.21 bits per heavy atom. The smallest absolute Gasteiger partial charge is 0.139 e. The number of hydrogen-bond acceptors (Lipinski definition) is 3. The van der Waals surface area contributed by atoms with Crippen molar-refractivity contribution in [3.8, 4) is 5.69 Å². The third kappa shape index (κ3) is 2.84. The lowest BCUT2D eigenvalue weighted by molar-refractivity contribution is 0.579. The summed E-state index contributed by atoms with van der Waals surface area (Å²) in [7, 11) is 0. The third-order valence-electron chi connectivity index (χ3n) is 3.00. The van der Waals surface area contributed by atoms with Crippen LogP contribution in [0, 0.1) is 12.7 Å². The minimum absolute atomic E-state index is 0.124. The summed E-state index contributed by atoms with van der Waals surface area (Å²) < 4.78 is 15.7. The van der Waals surface area contributed by atoms with Crippen molar-refractivity contribution in [3.63, 3.8) is 0 Å². The van der Waals surface area contributed by atoms with Gasteiger partial charge >= 0.3 is 0 Å². The first kappa shape index (κ1) is 14.1. The fraction of sp³-hybridized carbons (Fsp3) is 0.385. The monoisotopic (exact) mass is 326 g/mol. The predicted octanol–water partition coefficient (Wildman–Crippen LogP) is 3.15. The molecule has 1 heterocycles. The van der Waals surface area contributed by atoms with E-state index in [9.17, 15) is 4.39 Å². The molecule has 0 aliphatic carbocycles. The molecular formula is C13H16BrFN4. The molecular weight excluding hydrogens is 311 g/mol. The Balaban J connectivity index is 2.38. The molecule has 0 bridgehead atoms. The molecule has 1 aromatic carbocycles. The van der Waals surface area contributed by atoms with E-state index in [1.807, 2.05) is 20.8 Å². The molecule has 0 spiro atoms. The summed E-state index contributed by atoms with van der Waals surface area (Å²) in [5.41, 5.74) is 2.46. The van der Waals surface area contributed by atoms with E-state index in [2.05, 4.69) is 31.6 Å². The van der Waals surface area contributed by atoms with Crippen molar-refractivity contribution < 1.29 is 4.39 Å². The lowest BCUT2D eigenvalue weighted by Gasteiger charge is -2.10. The van der Waals surface area contributed by atoms with Gasteiger partial charge in [-0.2, -0.15) is 0 Å². The van der Waals surface area contributed by atoms with Gasteiger partial charge in [0.2, 0.25) is 0 Å². The van der Waals surface area contributed by atoms with Gasteiger partial charge in [0.15, 0.2) is 0 Å². The molecule has 1 aromatic heterocycles. The van der Waals surface area contributed by atoms with Crippen molar-refractivity contribution in [1.29, 1.82) is 0 Å². The topological polar surface area (TPSA) is 42.7 Å². The zero-order chi connectivity index (χ0) is 14.0. The molecule has 1 N–H and O–H groups in total. The Morgan fingerprint density at radius 1 is 1.47 bits per heavy atom. The number of aromatic nitrogens is 3. The second-order valence-electron chi connectivity index (χ2n) is 4.35. The van der Waals surface area contributed by atoms with E-state index in [-0.39, 0.29) is 11.9 Å². The largest absolute Gasteiger partial charge is 0.309 e. The number of rotatable bonds is 4. The molecule has 4 nitrogen and oxygen atoms in total. The van der Waals surface area contributed by atoms with E-state index in [1.165, 1.54) is 6.07 Å². The molecule has 1 atom stereocenters. The highest BCUT2D eigenvalue weighted by Crippen LogP contribution is 2.21. The summed E-state index contributed by atoms with van der Waals surface area (Å²) in [6, 6.07) is 5.03. The zero-order valence-electron chi connectivity index (χ0n) is 11.1. The summed E-state index contributed by atoms with van der Waals surface area (Å²) in [6.07, 6.45) is 0. The van der Waals surface area contributed by atoms with Gasteiger partial charge in [0.05, 0.1) is 21.9 Å². The number of hydrogen-bond donors (Lipinski definition) is 1. The summed E-state index contributed by atoms with van der Waals surface area (Å²) in [5, 5.41) is 11.6. The van der Waals surface area contributed by atoms with Gasteiger partial charge in [-0.05, 0) is 48.5 Å². The van der Waals surface area contributed by atoms with E-state index < -0.39 is 0 Å². The second-order valence-corrected chi connectivity index (χ2v) is 5.20. The molecule has 0 radical (unpaired) electrons. The first-order chi connectivity index (χ1) is 9.04. The molecule has 0 amide bonds. The van der Waals surface area contributed by atoms with Crippen LogP contribution in [0.15, 0.2) is 22.7 Å². The van der Waals surface area contributed by atoms with E-state index in [4.69, 9.17) is 0 Å². The van der Waals surface area contributed by atoms with Crippen molar-refractivity contribution in [2.75, 3.05) is 6.54 Å². The molecule has 2 rings (SSSR count). The maximum Gasteiger partial charge on any atom is 0.139 e. The number of nitrogens with zero attached hydrogens (tertiary/aromatic N) is 3. The van der Waals surface area contributed by atoms with Crippen LogP contribution >= 0.6 is 15.9 Å². The third-order valence-corrected chi connectivity index (χ3v) is 3.64. The highest BCUT2D eigenvalue weighted by molar-refractivity contribution is 9.10. The van der Waals surface area contributed by atoms with E-state index in [0.717, 1.165) is 17.9 Å². The van der Waals surface area contributed by atoms with Gasteiger partial charge in [-0.15, -0.1) is 5.10 Å². The van der Waals surface area contributed by atoms with Gasteiger partial charge < -0.3 is 5.32 Å². The molecule has 0 aliphatic heterocycles. The summed E-state index contributed by atoms with van der Waals surface area (Å²) >= 11 is 3.14. The SMILES string of the molecule is CCNC(C)c1nnn(-c2ccc(Br)c(F)c2)c1C. The maximum absolute atomic E-state index is 13.6. The maximum atomic E-state index is 13.6. The predicted molar refractivity (Wildman–Crippen MR) is 75.8 cm³/mol. The normalized spacial score (nSPS) is 12.7. The van der Waals surface area contributed by atoms with E-state index in [0.29, 0.717) is 10.2 Å². The van der Waals surface area contributed by atoms with Crippen LogP contribution in [-0.4, -0.2) is 21.5 Å². The molecule has 0 saturated heterocycles. The van der Waals surface area contributed by atoms with Crippen molar-refractivity contribution in [1.82, 2.24) is 20.3 Å². The molecule has 6 heteroatoms. The van der Waals surface area contributed by atoms with Crippen LogP contribution in [0.25, 0.3) is 5.69 Å². The van der Waals surface area contributed by atoms with Gasteiger partial charge in [0, 0.05) is 6.07 Å². The van der Waals surface area contributed by atoms with Crippen molar-refractivity contribution >= 4 is 15.9 Å². The summed E-state index contributed by atoms with van der Waals surface area (Å²) in [6.45, 7) is 6.87. The lowest BCUT2D eigenvalue weighted by atomic mass is 10.2. The minimum atomic E-state index is -0.311. The van der Waals surface area contributed by atoms with Crippen LogP contribution in [0.2, 0.25) is 0 Å². The molecule has 19 heavy (non-hydrogen) atoms. The van der Waals surface area contributed by atoms with Crippen LogP contribution in [0.3, 0.4) is 0 Å². The summed E-state index contributed by atoms with van der Waals surface area (Å²) in [5.74, 6) is -0.311. The molecule has 102 valence electrons. The van der Waals surface area contributed by atoms with Crippen molar-refractivity contribution in [2.24, 2.45) is 0 Å². The van der Waals surface area contributed by atoms with Gasteiger partial charge in [0.1, 0.15) is 11.5 Å². The fourth-order valence-corrected chi connectivity index (χ4v) is 2.25. The molecule has 2 aromatic rings. The average Bonchev–Trinajstić information content (AvgIpc) is 2.75. The molecule has 0 fully saturated rings. The van der Waals surface area contributed by atoms with Crippen LogP contribution in [0.4, 0.5) is 4.39 Å². The Labute approximate surface area is 120 Å². The van der Waals surface area contributed by atoms with Gasteiger partial charge in [-0.1, -0.05) is 12.1 Å². The fourth-order valence-electron chi connectivity index (χ4n) is 2.01. The van der Waals surface area contributed by atoms with Gasteiger partial charge in [-0.3, -0.25) is 0 Å². The highest BCUT2D eigenvalue weighted by Gasteiger charge is 2.16. The lowest BCUT2D eigenvalue weighted by Crippen LogP contribution is -2.19. The number of nitrogens with one attached hydrogen (secondary N) is 1. The van der Waals surface area contributed by atoms with Gasteiger partial charge in [0.25, 0.3) is 0 Å². The molecule has 0 saturated carbocycles. The molecule has 0 aliphatic rings. The van der Waals surface area contributed by atoms with Crippen LogP contribution < -0.4 is 5.32 Å². The Bertz CT molecular complexity index is 582. The van der Waals surface area contributed by atoms with Gasteiger partial charge in [-0.25, -0.2) is 9.07 Å². The number of benzene rings is 1. The Kier molecular flexibility index (Phi) is 4.31. The Morgan fingerprint density at radius 3 is 2.84 bits per heavy atom. The Hall–Kier alpha value is -1.27. The zero-order valence-corrected chi connectivity index (χ0v) is 12.7. The number of halogens is 2. The quantitative estimate of drug-likeness (QED) is 0.938. The molecule has 1 unspecified atom stereocenters. The highest BCUT2D eigenvalue weighted by atomic mass is 79.9. The summed E-state index contributed by atoms with van der Waals surface area (Å²) in [4.78, 5) is 0. The average molecular weight is 327 g/mol. The standard InChI is InChI=1S/C13H16BrFN4/c1-4-16-8(2)13-9(3)19(18-17-13)10-5-6-11(14)12(15)7-10/h5-8,16H,4H2,1-3H3. The van der Waals surface area contributed by atoms with Crippen LogP contribution in [0.5, 0.6) is 0 Å². The second kappa shape index (κ2) is 5.79. The van der Waals surface area contributed by atoms with Crippen molar-refractivity contribution in [2.45, 2.75) is 26.8 Å².